The molecule has 1 aliphatic heterocycles. The van der Waals surface area contributed by atoms with Crippen LogP contribution in [0.5, 0.6) is 17.2 Å². The van der Waals surface area contributed by atoms with Gasteiger partial charge < -0.3 is 24.4 Å². The average molecular weight is 749 g/mol. The highest BCUT2D eigenvalue weighted by Gasteiger charge is 2.37. The minimum absolute atomic E-state index is 0.0346. The van der Waals surface area contributed by atoms with Gasteiger partial charge in [0.25, 0.3) is 5.92 Å². The summed E-state index contributed by atoms with van der Waals surface area (Å²) < 4.78 is 45.8. The van der Waals surface area contributed by atoms with E-state index in [1.54, 1.807) is 29.3 Å². The van der Waals surface area contributed by atoms with Gasteiger partial charge in [0.1, 0.15) is 36.5 Å². The van der Waals surface area contributed by atoms with Crippen LogP contribution in [-0.4, -0.2) is 83.5 Å². The minimum Gasteiger partial charge on any atom is -0.493 e. The van der Waals surface area contributed by atoms with Gasteiger partial charge >= 0.3 is 0 Å². The fourth-order valence-electron chi connectivity index (χ4n) is 6.50. The van der Waals surface area contributed by atoms with Crippen molar-refractivity contribution in [2.24, 2.45) is 0 Å². The molecule has 0 saturated carbocycles. The lowest BCUT2D eigenvalue weighted by Crippen LogP contribution is -2.28. The molecule has 0 aliphatic carbocycles. The van der Waals surface area contributed by atoms with Crippen LogP contribution < -0.4 is 14.2 Å². The number of aliphatic hydroxyl groups excluding tert-OH is 2. The molecule has 0 bridgehead atoms. The van der Waals surface area contributed by atoms with Crippen molar-refractivity contribution in [2.75, 3.05) is 52.5 Å². The highest BCUT2D eigenvalue weighted by atomic mass is 35.5. The van der Waals surface area contributed by atoms with Gasteiger partial charge in [-0.15, -0.1) is 0 Å². The molecule has 2 heterocycles. The Labute approximate surface area is 315 Å². The summed E-state index contributed by atoms with van der Waals surface area (Å²) in [5.41, 5.74) is 7.02. The van der Waals surface area contributed by atoms with Gasteiger partial charge in [-0.1, -0.05) is 41.9 Å². The van der Waals surface area contributed by atoms with Crippen molar-refractivity contribution in [1.29, 1.82) is 5.26 Å². The fraction of sp³-hybridized carbons (Fsp3) is 0.415. The van der Waals surface area contributed by atoms with Crippen LogP contribution in [0.2, 0.25) is 5.02 Å². The molecule has 0 amide bonds. The molecular weight excluding hydrogens is 702 g/mol. The lowest BCUT2D eigenvalue weighted by atomic mass is 9.93. The van der Waals surface area contributed by atoms with Gasteiger partial charge in [0.05, 0.1) is 30.3 Å². The monoisotopic (exact) mass is 748 g/mol. The van der Waals surface area contributed by atoms with Gasteiger partial charge in [0, 0.05) is 75.3 Å². The van der Waals surface area contributed by atoms with Crippen LogP contribution in [0, 0.1) is 25.2 Å². The SMILES string of the molecule is Cc1c(COc2cc(OCc3cncc(C#N)c3)c(CN(CCO)CCCO)cc2Cl)cccc1-c1cccc(OCCCN2CCC(F)(F)C2)c1C. The summed E-state index contributed by atoms with van der Waals surface area (Å²) in [6.07, 6.45) is 4.28. The van der Waals surface area contributed by atoms with Crippen LogP contribution in [0.3, 0.4) is 0 Å². The maximum Gasteiger partial charge on any atom is 0.261 e. The molecule has 9 nitrogen and oxygen atoms in total. The zero-order chi connectivity index (χ0) is 37.8. The molecule has 0 spiro atoms. The summed E-state index contributed by atoms with van der Waals surface area (Å²) in [5.74, 6) is -0.853. The highest BCUT2D eigenvalue weighted by molar-refractivity contribution is 6.32. The number of nitrogens with zero attached hydrogens (tertiary/aromatic N) is 4. The van der Waals surface area contributed by atoms with Crippen molar-refractivity contribution in [3.8, 4) is 34.4 Å². The number of aliphatic hydroxyl groups is 2. The Kier molecular flexibility index (Phi) is 14.4. The zero-order valence-electron chi connectivity index (χ0n) is 30.3. The Hall–Kier alpha value is -4.31. The molecule has 53 heavy (non-hydrogen) atoms. The zero-order valence-corrected chi connectivity index (χ0v) is 31.0. The van der Waals surface area contributed by atoms with E-state index in [-0.39, 0.29) is 39.4 Å². The third-order valence-corrected chi connectivity index (χ3v) is 9.70. The number of nitriles is 1. The van der Waals surface area contributed by atoms with Crippen LogP contribution in [0.15, 0.2) is 67.0 Å². The normalized spacial score (nSPS) is 14.0. The molecule has 2 N–H and O–H groups in total. The fourth-order valence-corrected chi connectivity index (χ4v) is 6.74. The molecule has 0 radical (unpaired) electrons. The lowest BCUT2D eigenvalue weighted by Gasteiger charge is -2.23. The van der Waals surface area contributed by atoms with E-state index in [1.165, 1.54) is 6.20 Å². The summed E-state index contributed by atoms with van der Waals surface area (Å²) in [4.78, 5) is 7.94. The Morgan fingerprint density at radius 1 is 0.887 bits per heavy atom. The van der Waals surface area contributed by atoms with Gasteiger partial charge in [-0.25, -0.2) is 8.78 Å². The molecule has 5 rings (SSSR count). The van der Waals surface area contributed by atoms with Crippen LogP contribution in [0.1, 0.15) is 52.6 Å². The van der Waals surface area contributed by atoms with E-state index >= 15 is 0 Å². The van der Waals surface area contributed by atoms with E-state index in [2.05, 4.69) is 30.1 Å². The van der Waals surface area contributed by atoms with E-state index in [1.807, 2.05) is 36.1 Å². The van der Waals surface area contributed by atoms with Gasteiger partial charge in [-0.05, 0) is 72.7 Å². The van der Waals surface area contributed by atoms with Crippen LogP contribution in [0.4, 0.5) is 8.78 Å². The molecule has 1 fully saturated rings. The third-order valence-electron chi connectivity index (χ3n) is 9.40. The Morgan fingerprint density at radius 2 is 1.66 bits per heavy atom. The van der Waals surface area contributed by atoms with Crippen molar-refractivity contribution in [3.05, 3.63) is 105 Å². The predicted octanol–water partition coefficient (Wildman–Crippen LogP) is 7.34. The standard InChI is InChI=1S/C41H47ClF2N4O5/c1-29-33(7-3-8-35(29)36-9-4-10-38(30(36)2)51-18-6-13-48-14-11-41(43,44)28-48)27-53-40-21-39(52-26-32-19-31(22-45)23-46-24-32)34(20-37(40)42)25-47(15-17-50)12-5-16-49/h3-4,7-10,19-21,23-24,49-50H,5-6,11-18,25-28H2,1-2H3. The molecule has 12 heteroatoms. The van der Waals surface area contributed by atoms with Gasteiger partial charge in [-0.2, -0.15) is 5.26 Å². The van der Waals surface area contributed by atoms with Crippen LogP contribution >= 0.6 is 11.6 Å². The number of hydrogen-bond acceptors (Lipinski definition) is 9. The maximum absolute atomic E-state index is 13.5. The summed E-state index contributed by atoms with van der Waals surface area (Å²) >= 11 is 6.81. The largest absolute Gasteiger partial charge is 0.493 e. The van der Waals surface area contributed by atoms with Gasteiger partial charge in [-0.3, -0.25) is 14.8 Å². The molecule has 1 saturated heterocycles. The van der Waals surface area contributed by atoms with E-state index in [4.69, 9.17) is 25.8 Å². The number of aromatic nitrogens is 1. The van der Waals surface area contributed by atoms with Crippen molar-refractivity contribution in [1.82, 2.24) is 14.8 Å². The van der Waals surface area contributed by atoms with Gasteiger partial charge in [0.15, 0.2) is 0 Å². The Bertz CT molecular complexity index is 1870. The Morgan fingerprint density at radius 3 is 2.40 bits per heavy atom. The number of rotatable bonds is 19. The summed E-state index contributed by atoms with van der Waals surface area (Å²) in [6, 6.07) is 19.4. The minimum atomic E-state index is -2.59. The number of halogens is 3. The van der Waals surface area contributed by atoms with Crippen molar-refractivity contribution in [3.63, 3.8) is 0 Å². The molecule has 1 aliphatic rings. The van der Waals surface area contributed by atoms with Crippen molar-refractivity contribution in [2.45, 2.75) is 58.8 Å². The first-order valence-corrected chi connectivity index (χ1v) is 18.3. The first-order valence-electron chi connectivity index (χ1n) is 17.9. The number of alkyl halides is 2. The first-order chi connectivity index (χ1) is 25.6. The quantitative estimate of drug-likeness (QED) is 0.0953. The number of pyridine rings is 1. The van der Waals surface area contributed by atoms with Crippen molar-refractivity contribution < 1.29 is 33.2 Å². The second kappa shape index (κ2) is 19.1. The Balaban J connectivity index is 1.31. The highest BCUT2D eigenvalue weighted by Crippen LogP contribution is 2.37. The predicted molar refractivity (Wildman–Crippen MR) is 201 cm³/mol. The van der Waals surface area contributed by atoms with E-state index in [0.717, 1.165) is 44.7 Å². The van der Waals surface area contributed by atoms with Gasteiger partial charge in [0.2, 0.25) is 0 Å². The molecule has 4 aromatic rings. The lowest BCUT2D eigenvalue weighted by molar-refractivity contribution is 0.0118. The molecule has 0 atom stereocenters. The van der Waals surface area contributed by atoms with E-state index in [0.29, 0.717) is 74.3 Å². The topological polar surface area (TPSA) is 111 Å². The molecule has 3 aromatic carbocycles. The molecular formula is C41H47ClF2N4O5. The van der Waals surface area contributed by atoms with Crippen molar-refractivity contribution >= 4 is 11.6 Å². The molecule has 0 unspecified atom stereocenters. The van der Waals surface area contributed by atoms with Crippen LogP contribution in [0.25, 0.3) is 11.1 Å². The number of hydrogen-bond donors (Lipinski definition) is 2. The second-order valence-electron chi connectivity index (χ2n) is 13.3. The number of benzene rings is 3. The molecule has 282 valence electrons. The third kappa shape index (κ3) is 11.1. The molecule has 1 aromatic heterocycles. The summed E-state index contributed by atoms with van der Waals surface area (Å²) in [7, 11) is 0. The second-order valence-corrected chi connectivity index (χ2v) is 13.7. The number of ether oxygens (including phenoxy) is 3. The number of likely N-dealkylation sites (tertiary alicyclic amines) is 1. The summed E-state index contributed by atoms with van der Waals surface area (Å²) in [5, 5.41) is 28.8. The first kappa shape index (κ1) is 39.9. The van der Waals surface area contributed by atoms with Crippen LogP contribution in [-0.2, 0) is 19.8 Å². The summed E-state index contributed by atoms with van der Waals surface area (Å²) in [6.45, 7) is 7.14. The van der Waals surface area contributed by atoms with E-state index in [9.17, 15) is 24.3 Å². The van der Waals surface area contributed by atoms with E-state index < -0.39 is 5.92 Å². The average Bonchev–Trinajstić information content (AvgIpc) is 3.50. The smallest absolute Gasteiger partial charge is 0.261 e. The maximum atomic E-state index is 13.5.